The third-order valence-corrected chi connectivity index (χ3v) is 3.87. The molecule has 1 unspecified atom stereocenters. The van der Waals surface area contributed by atoms with Gasteiger partial charge in [0, 0.05) is 13.1 Å². The SMILES string of the molecule is COc1ccc(CNCC(O)c2cccc(F)c2)c(Cl)c1OC. The first-order valence-corrected chi connectivity index (χ1v) is 7.48. The lowest BCUT2D eigenvalue weighted by Crippen LogP contribution is -2.21. The molecule has 0 heterocycles. The zero-order valence-corrected chi connectivity index (χ0v) is 13.7. The molecule has 2 aromatic carbocycles. The average Bonchev–Trinajstić information content (AvgIpc) is 2.55. The normalized spacial score (nSPS) is 12.0. The van der Waals surface area contributed by atoms with Gasteiger partial charge < -0.3 is 19.9 Å². The van der Waals surface area contributed by atoms with Gasteiger partial charge in [-0.15, -0.1) is 0 Å². The van der Waals surface area contributed by atoms with E-state index in [1.165, 1.54) is 19.2 Å². The number of nitrogens with one attached hydrogen (secondary N) is 1. The van der Waals surface area contributed by atoms with Crippen LogP contribution in [0.15, 0.2) is 36.4 Å². The fraction of sp³-hybridized carbons (Fsp3) is 0.294. The second-order valence-corrected chi connectivity index (χ2v) is 5.35. The highest BCUT2D eigenvalue weighted by molar-refractivity contribution is 6.33. The predicted molar refractivity (Wildman–Crippen MR) is 87.6 cm³/mol. The fourth-order valence-electron chi connectivity index (χ4n) is 2.24. The summed E-state index contributed by atoms with van der Waals surface area (Å²) in [5, 5.41) is 13.6. The maximum absolute atomic E-state index is 13.1. The monoisotopic (exact) mass is 339 g/mol. The van der Waals surface area contributed by atoms with Gasteiger partial charge in [0.15, 0.2) is 11.5 Å². The molecule has 124 valence electrons. The van der Waals surface area contributed by atoms with Crippen molar-refractivity contribution in [3.63, 3.8) is 0 Å². The van der Waals surface area contributed by atoms with Gasteiger partial charge in [0.25, 0.3) is 0 Å². The smallest absolute Gasteiger partial charge is 0.179 e. The number of aliphatic hydroxyl groups excluding tert-OH is 1. The Labute approximate surface area is 139 Å². The molecule has 6 heteroatoms. The molecule has 0 aliphatic rings. The van der Waals surface area contributed by atoms with Gasteiger partial charge in [-0.2, -0.15) is 0 Å². The highest BCUT2D eigenvalue weighted by Crippen LogP contribution is 2.37. The molecule has 4 nitrogen and oxygen atoms in total. The van der Waals surface area contributed by atoms with Crippen molar-refractivity contribution in [3.05, 3.63) is 58.4 Å². The van der Waals surface area contributed by atoms with E-state index < -0.39 is 6.10 Å². The maximum Gasteiger partial charge on any atom is 0.179 e. The minimum absolute atomic E-state index is 0.272. The molecule has 0 amide bonds. The van der Waals surface area contributed by atoms with Crippen LogP contribution in [0.4, 0.5) is 4.39 Å². The van der Waals surface area contributed by atoms with Crippen LogP contribution < -0.4 is 14.8 Å². The van der Waals surface area contributed by atoms with Gasteiger partial charge >= 0.3 is 0 Å². The maximum atomic E-state index is 13.1. The van der Waals surface area contributed by atoms with Gasteiger partial charge in [0.1, 0.15) is 5.82 Å². The van der Waals surface area contributed by atoms with Crippen LogP contribution >= 0.6 is 11.6 Å². The molecular formula is C17H19ClFNO3. The van der Waals surface area contributed by atoms with Crippen molar-refractivity contribution < 1.29 is 19.0 Å². The van der Waals surface area contributed by atoms with Crippen LogP contribution in [-0.4, -0.2) is 25.9 Å². The Kier molecular flexibility index (Phi) is 6.21. The van der Waals surface area contributed by atoms with Gasteiger partial charge in [0.05, 0.1) is 25.3 Å². The molecule has 2 N–H and O–H groups in total. The van der Waals surface area contributed by atoms with Gasteiger partial charge in [-0.05, 0) is 29.3 Å². The summed E-state index contributed by atoms with van der Waals surface area (Å²) in [5.41, 5.74) is 1.34. The zero-order chi connectivity index (χ0) is 16.8. The van der Waals surface area contributed by atoms with Crippen molar-refractivity contribution in [2.75, 3.05) is 20.8 Å². The van der Waals surface area contributed by atoms with E-state index in [9.17, 15) is 9.50 Å². The van der Waals surface area contributed by atoms with E-state index in [-0.39, 0.29) is 12.4 Å². The molecular weight excluding hydrogens is 321 g/mol. The fourth-order valence-corrected chi connectivity index (χ4v) is 2.54. The Hall–Kier alpha value is -1.82. The minimum Gasteiger partial charge on any atom is -0.493 e. The summed E-state index contributed by atoms with van der Waals surface area (Å²) in [7, 11) is 3.07. The Morgan fingerprint density at radius 3 is 2.65 bits per heavy atom. The molecule has 0 aliphatic heterocycles. The Morgan fingerprint density at radius 2 is 2.00 bits per heavy atom. The molecule has 0 spiro atoms. The van der Waals surface area contributed by atoms with Crippen molar-refractivity contribution in [1.82, 2.24) is 5.32 Å². The number of hydrogen-bond donors (Lipinski definition) is 2. The van der Waals surface area contributed by atoms with Gasteiger partial charge in [0.2, 0.25) is 0 Å². The van der Waals surface area contributed by atoms with E-state index in [2.05, 4.69) is 5.32 Å². The number of methoxy groups -OCH3 is 2. The van der Waals surface area contributed by atoms with Crippen LogP contribution in [-0.2, 0) is 6.54 Å². The van der Waals surface area contributed by atoms with Crippen molar-refractivity contribution in [2.45, 2.75) is 12.6 Å². The van der Waals surface area contributed by atoms with E-state index >= 15 is 0 Å². The summed E-state index contributed by atoms with van der Waals surface area (Å²) < 4.78 is 23.6. The lowest BCUT2D eigenvalue weighted by atomic mass is 10.1. The van der Waals surface area contributed by atoms with E-state index in [4.69, 9.17) is 21.1 Å². The van der Waals surface area contributed by atoms with Crippen LogP contribution in [0.3, 0.4) is 0 Å². The number of hydrogen-bond acceptors (Lipinski definition) is 4. The third kappa shape index (κ3) is 4.34. The van der Waals surface area contributed by atoms with Crippen molar-refractivity contribution >= 4 is 11.6 Å². The Balaban J connectivity index is 1.99. The third-order valence-electron chi connectivity index (χ3n) is 3.45. The molecule has 0 bridgehead atoms. The Bertz CT molecular complexity index is 666. The van der Waals surface area contributed by atoms with Crippen molar-refractivity contribution in [2.24, 2.45) is 0 Å². The van der Waals surface area contributed by atoms with Gasteiger partial charge in [-0.1, -0.05) is 29.8 Å². The summed E-state index contributed by atoms with van der Waals surface area (Å²) in [6.45, 7) is 0.708. The lowest BCUT2D eigenvalue weighted by Gasteiger charge is -2.15. The first-order valence-electron chi connectivity index (χ1n) is 7.10. The van der Waals surface area contributed by atoms with Crippen LogP contribution in [0.2, 0.25) is 5.02 Å². The topological polar surface area (TPSA) is 50.7 Å². The number of rotatable bonds is 7. The summed E-state index contributed by atoms with van der Waals surface area (Å²) in [6.07, 6.45) is -0.801. The molecule has 0 aliphatic carbocycles. The minimum atomic E-state index is -0.801. The Morgan fingerprint density at radius 1 is 1.22 bits per heavy atom. The van der Waals surface area contributed by atoms with E-state index in [1.54, 1.807) is 25.3 Å². The first-order chi connectivity index (χ1) is 11.1. The van der Waals surface area contributed by atoms with Gasteiger partial charge in [-0.3, -0.25) is 0 Å². The van der Waals surface area contributed by atoms with Crippen molar-refractivity contribution in [3.8, 4) is 11.5 Å². The zero-order valence-electron chi connectivity index (χ0n) is 13.0. The molecule has 1 atom stereocenters. The van der Waals surface area contributed by atoms with Crippen LogP contribution in [0.5, 0.6) is 11.5 Å². The molecule has 0 fully saturated rings. The van der Waals surface area contributed by atoms with E-state index in [0.29, 0.717) is 28.6 Å². The number of aliphatic hydroxyl groups is 1. The molecule has 0 saturated carbocycles. The second-order valence-electron chi connectivity index (χ2n) is 4.98. The number of benzene rings is 2. The second kappa shape index (κ2) is 8.15. The largest absolute Gasteiger partial charge is 0.493 e. The first kappa shape index (κ1) is 17.5. The summed E-state index contributed by atoms with van der Waals surface area (Å²) in [6, 6.07) is 9.50. The molecule has 23 heavy (non-hydrogen) atoms. The quantitative estimate of drug-likeness (QED) is 0.812. The summed E-state index contributed by atoms with van der Waals surface area (Å²) in [5.74, 6) is 0.657. The van der Waals surface area contributed by atoms with Gasteiger partial charge in [-0.25, -0.2) is 4.39 Å². The van der Waals surface area contributed by atoms with Crippen LogP contribution in [0.1, 0.15) is 17.2 Å². The number of halogens is 2. The average molecular weight is 340 g/mol. The summed E-state index contributed by atoms with van der Waals surface area (Å²) >= 11 is 6.29. The van der Waals surface area contributed by atoms with E-state index in [1.807, 2.05) is 6.07 Å². The molecule has 0 aromatic heterocycles. The highest BCUT2D eigenvalue weighted by Gasteiger charge is 2.13. The highest BCUT2D eigenvalue weighted by atomic mass is 35.5. The molecule has 0 saturated heterocycles. The standard InChI is InChI=1S/C17H19ClFNO3/c1-22-15-7-6-12(16(18)17(15)23-2)9-20-10-14(21)11-4-3-5-13(19)8-11/h3-8,14,20-21H,9-10H2,1-2H3. The predicted octanol–water partition coefficient (Wildman–Crippen LogP) is 3.32. The van der Waals surface area contributed by atoms with E-state index in [0.717, 1.165) is 5.56 Å². The molecule has 2 rings (SSSR count). The van der Waals surface area contributed by atoms with Crippen molar-refractivity contribution in [1.29, 1.82) is 0 Å². The lowest BCUT2D eigenvalue weighted by molar-refractivity contribution is 0.174. The van der Waals surface area contributed by atoms with Crippen LogP contribution in [0.25, 0.3) is 0 Å². The molecule has 0 radical (unpaired) electrons. The summed E-state index contributed by atoms with van der Waals surface area (Å²) in [4.78, 5) is 0. The van der Waals surface area contributed by atoms with Crippen LogP contribution in [0, 0.1) is 5.82 Å². The molecule has 2 aromatic rings. The number of ether oxygens (including phenoxy) is 2.